The van der Waals surface area contributed by atoms with Crippen LogP contribution in [0.1, 0.15) is 19.8 Å². The lowest BCUT2D eigenvalue weighted by Crippen LogP contribution is -2.12. The van der Waals surface area contributed by atoms with Gasteiger partial charge in [-0.25, -0.2) is 4.98 Å². The fraction of sp³-hybridized carbons (Fsp3) is 0.500. The molecular weight excluding hydrogens is 198 g/mol. The van der Waals surface area contributed by atoms with Crippen LogP contribution >= 0.6 is 11.6 Å². The van der Waals surface area contributed by atoms with Gasteiger partial charge in [-0.3, -0.25) is 0 Å². The minimum atomic E-state index is 0.438. The van der Waals surface area contributed by atoms with Crippen LogP contribution in [0.15, 0.2) is 12.1 Å². The molecule has 1 saturated carbocycles. The number of pyridine rings is 1. The molecule has 0 amide bonds. The fourth-order valence-corrected chi connectivity index (χ4v) is 1.52. The number of nitrogen functional groups attached to an aromatic ring is 1. The summed E-state index contributed by atoms with van der Waals surface area (Å²) in [7, 11) is 0. The van der Waals surface area contributed by atoms with Gasteiger partial charge in [0, 0.05) is 18.3 Å². The summed E-state index contributed by atoms with van der Waals surface area (Å²) in [6, 6.07) is 3.45. The first-order valence-corrected chi connectivity index (χ1v) is 5.12. The van der Waals surface area contributed by atoms with Crippen molar-refractivity contribution >= 4 is 23.1 Å². The molecule has 0 aromatic carbocycles. The van der Waals surface area contributed by atoms with Gasteiger partial charge in [0.05, 0.1) is 0 Å². The summed E-state index contributed by atoms with van der Waals surface area (Å²) < 4.78 is 0. The molecule has 14 heavy (non-hydrogen) atoms. The molecule has 1 aliphatic carbocycles. The first-order valence-electron chi connectivity index (χ1n) is 4.74. The number of halogens is 1. The number of anilines is 2. The normalized spacial score (nSPS) is 17.9. The highest BCUT2D eigenvalue weighted by atomic mass is 35.5. The summed E-state index contributed by atoms with van der Waals surface area (Å²) in [5.74, 6) is 0.767. The average molecular weight is 212 g/mol. The molecule has 1 heterocycles. The predicted octanol–water partition coefficient (Wildman–Crippen LogP) is 2.53. The molecule has 1 aromatic rings. The number of nitrogens with one attached hydrogen (secondary N) is 1. The zero-order chi connectivity index (χ0) is 10.2. The Hall–Kier alpha value is -0.960. The van der Waals surface area contributed by atoms with Gasteiger partial charge in [-0.2, -0.15) is 0 Å². The van der Waals surface area contributed by atoms with Crippen molar-refractivity contribution in [2.75, 3.05) is 17.6 Å². The summed E-state index contributed by atoms with van der Waals surface area (Å²) in [4.78, 5) is 4.14. The predicted molar refractivity (Wildman–Crippen MR) is 59.5 cm³/mol. The molecule has 3 nitrogen and oxygen atoms in total. The lowest BCUT2D eigenvalue weighted by Gasteiger charge is -2.11. The highest BCUT2D eigenvalue weighted by molar-refractivity contribution is 6.29. The standard InChI is InChI=1S/C10H14ClN3/c1-10(2-3-10)6-13-9-5-7(12)4-8(11)14-9/h4-5H,2-3,6H2,1H3,(H3,12,13,14). The first-order chi connectivity index (χ1) is 6.57. The Balaban J connectivity index is 2.01. The molecule has 0 unspecified atom stereocenters. The molecule has 0 atom stereocenters. The maximum atomic E-state index is 5.78. The second-order valence-corrected chi connectivity index (χ2v) is 4.66. The average Bonchev–Trinajstić information content (AvgIpc) is 2.80. The van der Waals surface area contributed by atoms with Crippen LogP contribution in [0.25, 0.3) is 0 Å². The number of rotatable bonds is 3. The topological polar surface area (TPSA) is 50.9 Å². The van der Waals surface area contributed by atoms with Crippen molar-refractivity contribution in [3.63, 3.8) is 0 Å². The van der Waals surface area contributed by atoms with Crippen molar-refractivity contribution < 1.29 is 0 Å². The Morgan fingerprint density at radius 2 is 2.29 bits per heavy atom. The Kier molecular flexibility index (Phi) is 2.27. The smallest absolute Gasteiger partial charge is 0.133 e. The van der Waals surface area contributed by atoms with E-state index < -0.39 is 0 Å². The van der Waals surface area contributed by atoms with Gasteiger partial charge >= 0.3 is 0 Å². The number of nitrogens with two attached hydrogens (primary N) is 1. The minimum absolute atomic E-state index is 0.438. The van der Waals surface area contributed by atoms with Crippen LogP contribution in [0.4, 0.5) is 11.5 Å². The zero-order valence-corrected chi connectivity index (χ0v) is 8.93. The SMILES string of the molecule is CC1(CNc2cc(N)cc(Cl)n2)CC1. The molecule has 1 aliphatic rings. The summed E-state index contributed by atoms with van der Waals surface area (Å²) in [5, 5.41) is 3.69. The van der Waals surface area contributed by atoms with Crippen LogP contribution < -0.4 is 11.1 Å². The lowest BCUT2D eigenvalue weighted by molar-refractivity contribution is 0.609. The molecule has 76 valence electrons. The van der Waals surface area contributed by atoms with Crippen molar-refractivity contribution in [2.24, 2.45) is 5.41 Å². The van der Waals surface area contributed by atoms with E-state index in [1.165, 1.54) is 12.8 Å². The van der Waals surface area contributed by atoms with E-state index in [1.807, 2.05) is 0 Å². The largest absolute Gasteiger partial charge is 0.399 e. The van der Waals surface area contributed by atoms with Gasteiger partial charge in [-0.05, 0) is 24.3 Å². The van der Waals surface area contributed by atoms with Crippen LogP contribution in [-0.4, -0.2) is 11.5 Å². The summed E-state index contributed by atoms with van der Waals surface area (Å²) in [6.07, 6.45) is 2.58. The van der Waals surface area contributed by atoms with Gasteiger partial charge in [-0.1, -0.05) is 18.5 Å². The molecule has 0 radical (unpaired) electrons. The van der Waals surface area contributed by atoms with E-state index in [9.17, 15) is 0 Å². The number of hydrogen-bond acceptors (Lipinski definition) is 3. The minimum Gasteiger partial charge on any atom is -0.399 e. The van der Waals surface area contributed by atoms with E-state index in [0.29, 0.717) is 16.3 Å². The summed E-state index contributed by atoms with van der Waals surface area (Å²) in [5.41, 5.74) is 6.75. The second kappa shape index (κ2) is 3.31. The maximum Gasteiger partial charge on any atom is 0.133 e. The van der Waals surface area contributed by atoms with E-state index in [-0.39, 0.29) is 0 Å². The van der Waals surface area contributed by atoms with Gasteiger partial charge in [0.1, 0.15) is 11.0 Å². The Bertz CT molecular complexity index is 327. The fourth-order valence-electron chi connectivity index (χ4n) is 1.30. The van der Waals surface area contributed by atoms with E-state index in [4.69, 9.17) is 17.3 Å². The van der Waals surface area contributed by atoms with Gasteiger partial charge in [-0.15, -0.1) is 0 Å². The van der Waals surface area contributed by atoms with Crippen molar-refractivity contribution in [3.05, 3.63) is 17.3 Å². The molecule has 0 bridgehead atoms. The first kappa shape index (κ1) is 9.59. The van der Waals surface area contributed by atoms with Crippen molar-refractivity contribution in [1.82, 2.24) is 4.98 Å². The molecule has 0 aliphatic heterocycles. The number of hydrogen-bond donors (Lipinski definition) is 2. The van der Waals surface area contributed by atoms with Crippen LogP contribution in [0.2, 0.25) is 5.15 Å². The monoisotopic (exact) mass is 211 g/mol. The van der Waals surface area contributed by atoms with Gasteiger partial charge in [0.25, 0.3) is 0 Å². The molecule has 1 aromatic heterocycles. The van der Waals surface area contributed by atoms with Crippen molar-refractivity contribution in [1.29, 1.82) is 0 Å². The van der Waals surface area contributed by atoms with Crippen LogP contribution in [0.3, 0.4) is 0 Å². The van der Waals surface area contributed by atoms with E-state index in [2.05, 4.69) is 17.2 Å². The zero-order valence-electron chi connectivity index (χ0n) is 8.18. The van der Waals surface area contributed by atoms with E-state index in [0.717, 1.165) is 12.4 Å². The summed E-state index contributed by atoms with van der Waals surface area (Å²) in [6.45, 7) is 3.20. The number of nitrogens with zero attached hydrogens (tertiary/aromatic N) is 1. The third-order valence-corrected chi connectivity index (χ3v) is 2.81. The molecule has 1 fully saturated rings. The van der Waals surface area contributed by atoms with Crippen LogP contribution in [0, 0.1) is 5.41 Å². The highest BCUT2D eigenvalue weighted by Gasteiger charge is 2.36. The van der Waals surface area contributed by atoms with Crippen molar-refractivity contribution in [2.45, 2.75) is 19.8 Å². The quantitative estimate of drug-likeness (QED) is 0.756. The van der Waals surface area contributed by atoms with Gasteiger partial charge in [0.2, 0.25) is 0 Å². The molecule has 4 heteroatoms. The Morgan fingerprint density at radius 3 is 2.86 bits per heavy atom. The molecule has 0 spiro atoms. The van der Waals surface area contributed by atoms with Gasteiger partial charge < -0.3 is 11.1 Å². The van der Waals surface area contributed by atoms with Crippen molar-refractivity contribution in [3.8, 4) is 0 Å². The number of aromatic nitrogens is 1. The molecule has 2 rings (SSSR count). The lowest BCUT2D eigenvalue weighted by atomic mass is 10.1. The van der Waals surface area contributed by atoms with Gasteiger partial charge in [0.15, 0.2) is 0 Å². The molecule has 0 saturated heterocycles. The third-order valence-electron chi connectivity index (χ3n) is 2.62. The second-order valence-electron chi connectivity index (χ2n) is 4.27. The molecule has 3 N–H and O–H groups in total. The Morgan fingerprint density at radius 1 is 1.57 bits per heavy atom. The third kappa shape index (κ3) is 2.29. The Labute approximate surface area is 88.7 Å². The van der Waals surface area contributed by atoms with Crippen LogP contribution in [-0.2, 0) is 0 Å². The van der Waals surface area contributed by atoms with E-state index >= 15 is 0 Å². The molecular formula is C10H14ClN3. The van der Waals surface area contributed by atoms with Crippen LogP contribution in [0.5, 0.6) is 0 Å². The maximum absolute atomic E-state index is 5.78. The summed E-state index contributed by atoms with van der Waals surface area (Å²) >= 11 is 5.78. The highest BCUT2D eigenvalue weighted by Crippen LogP contribution is 2.44. The van der Waals surface area contributed by atoms with E-state index in [1.54, 1.807) is 12.1 Å².